The molecule has 3 aromatic rings. The van der Waals surface area contributed by atoms with Crippen LogP contribution in [0.2, 0.25) is 0 Å². The van der Waals surface area contributed by atoms with Gasteiger partial charge in [0.1, 0.15) is 0 Å². The van der Waals surface area contributed by atoms with Crippen LogP contribution in [0, 0.1) is 0 Å². The highest BCUT2D eigenvalue weighted by Gasteiger charge is 2.30. The van der Waals surface area contributed by atoms with Crippen LogP contribution in [0.3, 0.4) is 0 Å². The van der Waals surface area contributed by atoms with Crippen molar-refractivity contribution in [3.63, 3.8) is 0 Å². The number of carbonyl (C=O) groups excluding carboxylic acids is 1. The lowest BCUT2D eigenvalue weighted by Gasteiger charge is -2.12. The largest absolute Gasteiger partial charge is 0.459 e. The maximum Gasteiger partial charge on any atom is 0.416 e. The van der Waals surface area contributed by atoms with Gasteiger partial charge in [0.05, 0.1) is 17.1 Å². The van der Waals surface area contributed by atoms with Crippen LogP contribution in [0.15, 0.2) is 56.7 Å². The van der Waals surface area contributed by atoms with Crippen LogP contribution in [0.25, 0.3) is 11.7 Å². The number of amides is 1. The standard InChI is InChI=1S/C16H12F3N3O3S/c1-9(26-15-22-21-14(25-15)12-6-3-7-24-12)13(23)20-11-5-2-4-10(8-11)16(17,18)19/h2-9H,1H3,(H,20,23). The minimum absolute atomic E-state index is 0.0547. The monoisotopic (exact) mass is 383 g/mol. The molecule has 1 atom stereocenters. The molecule has 10 heteroatoms. The first-order valence-electron chi connectivity index (χ1n) is 7.35. The highest BCUT2D eigenvalue weighted by molar-refractivity contribution is 8.00. The lowest BCUT2D eigenvalue weighted by Crippen LogP contribution is -2.22. The first-order valence-corrected chi connectivity index (χ1v) is 8.23. The number of alkyl halides is 3. The molecule has 1 aromatic carbocycles. The van der Waals surface area contributed by atoms with Crippen LogP contribution in [0.1, 0.15) is 12.5 Å². The SMILES string of the molecule is CC(Sc1nnc(-c2ccco2)o1)C(=O)Nc1cccc(C(F)(F)F)c1. The van der Waals surface area contributed by atoms with Gasteiger partial charge in [0, 0.05) is 5.69 Å². The zero-order valence-electron chi connectivity index (χ0n) is 13.3. The first kappa shape index (κ1) is 18.1. The molecule has 3 rings (SSSR count). The molecule has 0 saturated carbocycles. The predicted molar refractivity (Wildman–Crippen MR) is 87.4 cm³/mol. The van der Waals surface area contributed by atoms with Crippen LogP contribution in [-0.2, 0) is 11.0 Å². The normalized spacial score (nSPS) is 12.8. The van der Waals surface area contributed by atoms with Crippen LogP contribution in [0.5, 0.6) is 0 Å². The van der Waals surface area contributed by atoms with Crippen LogP contribution in [-0.4, -0.2) is 21.4 Å². The number of hydrogen-bond donors (Lipinski definition) is 1. The van der Waals surface area contributed by atoms with E-state index in [-0.39, 0.29) is 16.8 Å². The third-order valence-corrected chi connectivity index (χ3v) is 4.18. The van der Waals surface area contributed by atoms with Crippen molar-refractivity contribution >= 4 is 23.4 Å². The maximum atomic E-state index is 12.7. The zero-order chi connectivity index (χ0) is 18.7. The minimum Gasteiger partial charge on any atom is -0.459 e. The number of thioether (sulfide) groups is 1. The van der Waals surface area contributed by atoms with Crippen LogP contribution >= 0.6 is 11.8 Å². The van der Waals surface area contributed by atoms with Gasteiger partial charge in [-0.1, -0.05) is 17.8 Å². The molecule has 1 N–H and O–H groups in total. The number of carbonyl (C=O) groups is 1. The van der Waals surface area contributed by atoms with E-state index in [0.29, 0.717) is 5.76 Å². The second kappa shape index (κ2) is 7.24. The van der Waals surface area contributed by atoms with Gasteiger partial charge in [0.25, 0.3) is 11.1 Å². The molecule has 0 fully saturated rings. The lowest BCUT2D eigenvalue weighted by atomic mass is 10.2. The van der Waals surface area contributed by atoms with Crippen molar-refractivity contribution in [2.24, 2.45) is 0 Å². The molecular weight excluding hydrogens is 371 g/mol. The van der Waals surface area contributed by atoms with Gasteiger partial charge >= 0.3 is 6.18 Å². The Kier molecular flexibility index (Phi) is 5.03. The fourth-order valence-corrected chi connectivity index (χ4v) is 2.66. The maximum absolute atomic E-state index is 12.7. The topological polar surface area (TPSA) is 81.2 Å². The Morgan fingerprint density at radius 3 is 2.73 bits per heavy atom. The summed E-state index contributed by atoms with van der Waals surface area (Å²) in [7, 11) is 0. The number of halogens is 3. The van der Waals surface area contributed by atoms with Gasteiger partial charge < -0.3 is 14.2 Å². The molecule has 2 heterocycles. The molecule has 26 heavy (non-hydrogen) atoms. The molecule has 0 aliphatic carbocycles. The van der Waals surface area contributed by atoms with Gasteiger partial charge in [0.15, 0.2) is 5.76 Å². The van der Waals surface area contributed by atoms with E-state index in [9.17, 15) is 18.0 Å². The number of aromatic nitrogens is 2. The van der Waals surface area contributed by atoms with Crippen LogP contribution in [0.4, 0.5) is 18.9 Å². The molecule has 0 spiro atoms. The van der Waals surface area contributed by atoms with Crippen molar-refractivity contribution in [3.8, 4) is 11.7 Å². The number of rotatable bonds is 5. The summed E-state index contributed by atoms with van der Waals surface area (Å²) in [5.74, 6) is 0.0699. The summed E-state index contributed by atoms with van der Waals surface area (Å²) in [6.45, 7) is 1.57. The van der Waals surface area contributed by atoms with E-state index in [2.05, 4.69) is 15.5 Å². The van der Waals surface area contributed by atoms with E-state index >= 15 is 0 Å². The van der Waals surface area contributed by atoms with Gasteiger partial charge in [-0.15, -0.1) is 10.2 Å². The molecule has 0 aliphatic rings. The van der Waals surface area contributed by atoms with E-state index < -0.39 is 22.9 Å². The molecule has 0 aliphatic heterocycles. The Morgan fingerprint density at radius 2 is 2.04 bits per heavy atom. The molecule has 2 aromatic heterocycles. The number of nitrogens with zero attached hydrogens (tertiary/aromatic N) is 2. The fraction of sp³-hybridized carbons (Fsp3) is 0.188. The van der Waals surface area contributed by atoms with E-state index in [4.69, 9.17) is 8.83 Å². The van der Waals surface area contributed by atoms with Gasteiger partial charge in [0.2, 0.25) is 5.91 Å². The number of anilines is 1. The lowest BCUT2D eigenvalue weighted by molar-refractivity contribution is -0.137. The molecule has 1 unspecified atom stereocenters. The van der Waals surface area contributed by atoms with Gasteiger partial charge in [-0.05, 0) is 37.3 Å². The summed E-state index contributed by atoms with van der Waals surface area (Å²) in [5.41, 5.74) is -0.783. The average Bonchev–Trinajstić information content (AvgIpc) is 3.25. The van der Waals surface area contributed by atoms with Crippen molar-refractivity contribution in [3.05, 3.63) is 48.2 Å². The highest BCUT2D eigenvalue weighted by atomic mass is 32.2. The fourth-order valence-electron chi connectivity index (χ4n) is 1.98. The Bertz CT molecular complexity index is 894. The minimum atomic E-state index is -4.48. The number of hydrogen-bond acceptors (Lipinski definition) is 6. The Balaban J connectivity index is 1.63. The van der Waals surface area contributed by atoms with E-state index in [0.717, 1.165) is 23.9 Å². The predicted octanol–water partition coefficient (Wildman–Crippen LogP) is 4.47. The summed E-state index contributed by atoms with van der Waals surface area (Å²) in [4.78, 5) is 12.2. The van der Waals surface area contributed by atoms with Gasteiger partial charge in [-0.25, -0.2) is 0 Å². The van der Waals surface area contributed by atoms with E-state index in [1.165, 1.54) is 18.4 Å². The number of furan rings is 1. The molecule has 1 amide bonds. The molecular formula is C16H12F3N3O3S. The van der Waals surface area contributed by atoms with Crippen molar-refractivity contribution in [2.75, 3.05) is 5.32 Å². The summed E-state index contributed by atoms with van der Waals surface area (Å²) in [6, 6.07) is 7.72. The Hall–Kier alpha value is -2.75. The summed E-state index contributed by atoms with van der Waals surface area (Å²) in [5, 5.41) is 9.52. The third kappa shape index (κ3) is 4.26. The summed E-state index contributed by atoms with van der Waals surface area (Å²) in [6.07, 6.45) is -3.02. The number of benzene rings is 1. The van der Waals surface area contributed by atoms with Crippen molar-refractivity contribution in [1.82, 2.24) is 10.2 Å². The average molecular weight is 383 g/mol. The second-order valence-corrected chi connectivity index (χ2v) is 6.47. The first-order chi connectivity index (χ1) is 12.3. The highest BCUT2D eigenvalue weighted by Crippen LogP contribution is 2.31. The molecule has 0 saturated heterocycles. The molecule has 6 nitrogen and oxygen atoms in total. The zero-order valence-corrected chi connectivity index (χ0v) is 14.1. The van der Waals surface area contributed by atoms with Crippen molar-refractivity contribution in [2.45, 2.75) is 23.6 Å². The van der Waals surface area contributed by atoms with Crippen molar-refractivity contribution < 1.29 is 26.8 Å². The number of nitrogens with one attached hydrogen (secondary N) is 1. The third-order valence-electron chi connectivity index (χ3n) is 3.24. The quantitative estimate of drug-likeness (QED) is 0.655. The smallest absolute Gasteiger partial charge is 0.416 e. The van der Waals surface area contributed by atoms with Gasteiger partial charge in [-0.3, -0.25) is 4.79 Å². The van der Waals surface area contributed by atoms with E-state index in [1.807, 2.05) is 0 Å². The van der Waals surface area contributed by atoms with Crippen LogP contribution < -0.4 is 5.32 Å². The van der Waals surface area contributed by atoms with E-state index in [1.54, 1.807) is 19.1 Å². The second-order valence-electron chi connectivity index (χ2n) is 5.18. The summed E-state index contributed by atoms with van der Waals surface area (Å²) >= 11 is 0.983. The molecule has 136 valence electrons. The van der Waals surface area contributed by atoms with Gasteiger partial charge in [-0.2, -0.15) is 13.2 Å². The molecule has 0 radical (unpaired) electrons. The molecule has 0 bridgehead atoms. The van der Waals surface area contributed by atoms with Crippen molar-refractivity contribution in [1.29, 1.82) is 0 Å². The Morgan fingerprint density at radius 1 is 1.23 bits per heavy atom. The Labute approximate surface area is 149 Å². The summed E-state index contributed by atoms with van der Waals surface area (Å²) < 4.78 is 48.7.